The predicted octanol–water partition coefficient (Wildman–Crippen LogP) is 5.77. The number of nitrogens with zero attached hydrogens (tertiary/aromatic N) is 2. The Morgan fingerprint density at radius 2 is 1.18 bits per heavy atom. The smallest absolute Gasteiger partial charge is 0.304 e. The summed E-state index contributed by atoms with van der Waals surface area (Å²) in [5.74, 6) is 0.935. The van der Waals surface area contributed by atoms with Gasteiger partial charge in [0.05, 0.1) is 12.6 Å². The van der Waals surface area contributed by atoms with Crippen LogP contribution in [0.15, 0.2) is 60.7 Å². The molecule has 2 aromatic rings. The summed E-state index contributed by atoms with van der Waals surface area (Å²) < 4.78 is 0. The summed E-state index contributed by atoms with van der Waals surface area (Å²) >= 11 is 8.98. The highest BCUT2D eigenvalue weighted by Crippen LogP contribution is 2.16. The minimum absolute atomic E-state index is 0.0187. The Hall–Kier alpha value is -2.09. The molecule has 0 aliphatic rings. The highest BCUT2D eigenvalue weighted by atomic mass is 35.5. The summed E-state index contributed by atoms with van der Waals surface area (Å²) in [6.07, 6.45) is 3.20. The second kappa shape index (κ2) is 20.8. The topological polar surface area (TPSA) is 77.9 Å². The fourth-order valence-corrected chi connectivity index (χ4v) is 3.91. The quantitative estimate of drug-likeness (QED) is 0.188. The lowest BCUT2D eigenvalue weighted by atomic mass is 9.98. The highest BCUT2D eigenvalue weighted by molar-refractivity contribution is 6.97. The Balaban J connectivity index is 0.000000596. The summed E-state index contributed by atoms with van der Waals surface area (Å²) in [6.45, 7) is 10.6. The third kappa shape index (κ3) is 14.7. The van der Waals surface area contributed by atoms with Gasteiger partial charge in [-0.05, 0) is 60.3 Å². The van der Waals surface area contributed by atoms with Crippen molar-refractivity contribution in [3.8, 4) is 0 Å². The molecular weight excluding hydrogens is 523 g/mol. The molecule has 0 saturated carbocycles. The van der Waals surface area contributed by atoms with Crippen LogP contribution in [0.4, 0.5) is 0 Å². The lowest BCUT2D eigenvalue weighted by Crippen LogP contribution is -2.39. The number of aldehydes is 1. The molecule has 8 heteroatoms. The van der Waals surface area contributed by atoms with Crippen molar-refractivity contribution in [1.29, 1.82) is 0 Å². The van der Waals surface area contributed by atoms with Gasteiger partial charge >= 0.3 is 10.5 Å². The second-order valence-electron chi connectivity index (χ2n) is 9.50. The molecule has 6 nitrogen and oxygen atoms in total. The van der Waals surface area contributed by atoms with Gasteiger partial charge < -0.3 is 9.90 Å². The molecule has 0 bridgehead atoms. The summed E-state index contributed by atoms with van der Waals surface area (Å²) in [7, 11) is 4.10. The summed E-state index contributed by atoms with van der Waals surface area (Å²) in [6, 6.07) is 20.9. The molecule has 1 N–H and O–H groups in total. The van der Waals surface area contributed by atoms with Gasteiger partial charge in [-0.2, -0.15) is 0 Å². The number of hydrogen-bond donors (Lipinski definition) is 1. The number of likely N-dealkylation sites (N-methyl/N-ethyl adjacent to an activating group) is 2. The van der Waals surface area contributed by atoms with Gasteiger partial charge in [0.1, 0.15) is 6.29 Å². The first kappa shape index (κ1) is 35.9. The van der Waals surface area contributed by atoms with E-state index in [-0.39, 0.29) is 18.7 Å². The van der Waals surface area contributed by atoms with Crippen molar-refractivity contribution >= 4 is 40.0 Å². The zero-order valence-electron chi connectivity index (χ0n) is 23.5. The minimum atomic E-state index is -1.14. The van der Waals surface area contributed by atoms with E-state index in [1.165, 1.54) is 11.1 Å². The van der Waals surface area contributed by atoms with Gasteiger partial charge in [0.25, 0.3) is 0 Å². The van der Waals surface area contributed by atoms with E-state index in [4.69, 9.17) is 0 Å². The van der Waals surface area contributed by atoms with Gasteiger partial charge in [0, 0.05) is 19.1 Å². The van der Waals surface area contributed by atoms with E-state index >= 15 is 0 Å². The van der Waals surface area contributed by atoms with Gasteiger partial charge in [-0.3, -0.25) is 19.4 Å². The molecule has 0 heterocycles. The molecule has 0 aromatic heterocycles. The van der Waals surface area contributed by atoms with Crippen LogP contribution in [0.5, 0.6) is 0 Å². The second-order valence-corrected chi connectivity index (χ2v) is 10.2. The Labute approximate surface area is 238 Å². The van der Waals surface area contributed by atoms with Crippen LogP contribution in [0, 0.1) is 11.8 Å². The van der Waals surface area contributed by atoms with Crippen molar-refractivity contribution in [2.24, 2.45) is 11.8 Å². The lowest BCUT2D eigenvalue weighted by molar-refractivity contribution is -0.127. The summed E-state index contributed by atoms with van der Waals surface area (Å²) in [5.41, 5.74) is 2.55. The third-order valence-electron chi connectivity index (χ3n) is 6.63. The van der Waals surface area contributed by atoms with E-state index in [1.54, 1.807) is 0 Å². The van der Waals surface area contributed by atoms with Crippen LogP contribution < -0.4 is 0 Å². The van der Waals surface area contributed by atoms with Crippen LogP contribution in [0.2, 0.25) is 0 Å². The van der Waals surface area contributed by atoms with E-state index in [0.29, 0.717) is 11.8 Å². The molecule has 2 rings (SSSR count). The molecule has 0 spiro atoms. The Morgan fingerprint density at radius 3 is 1.50 bits per heavy atom. The van der Waals surface area contributed by atoms with Crippen molar-refractivity contribution in [2.45, 2.75) is 65.7 Å². The van der Waals surface area contributed by atoms with Crippen molar-refractivity contribution in [1.82, 2.24) is 9.80 Å². The molecular formula is C30H44Cl2N2O4. The number of carbonyl (C=O) groups is 3. The lowest BCUT2D eigenvalue weighted by Gasteiger charge is -2.31. The maximum Gasteiger partial charge on any atom is 0.304 e. The molecule has 0 saturated heterocycles. The SMILES string of the molecule is CC[C@H](C)[C@@H](C=O)N(C)Cc1ccccc1.CC[C@H](C)[C@@H](CO)N(C)Cc1ccccc1.O=C(Cl)C(=O)Cl. The molecule has 0 amide bonds. The molecule has 0 unspecified atom stereocenters. The van der Waals surface area contributed by atoms with Gasteiger partial charge in [-0.1, -0.05) is 101 Å². The number of hydrogen-bond acceptors (Lipinski definition) is 6. The van der Waals surface area contributed by atoms with E-state index in [1.807, 2.05) is 31.3 Å². The van der Waals surface area contributed by atoms with Gasteiger partial charge in [0.15, 0.2) is 0 Å². The Morgan fingerprint density at radius 1 is 0.789 bits per heavy atom. The fraction of sp³-hybridized carbons (Fsp3) is 0.500. The van der Waals surface area contributed by atoms with Gasteiger partial charge in [0.2, 0.25) is 0 Å². The van der Waals surface area contributed by atoms with Crippen molar-refractivity contribution < 1.29 is 19.5 Å². The van der Waals surface area contributed by atoms with E-state index in [9.17, 15) is 19.5 Å². The number of aliphatic hydroxyl groups is 1. The number of carbonyl (C=O) groups excluding carboxylic acids is 3. The zero-order valence-corrected chi connectivity index (χ0v) is 25.0. The van der Waals surface area contributed by atoms with Crippen LogP contribution in [0.25, 0.3) is 0 Å². The molecule has 0 aliphatic heterocycles. The van der Waals surface area contributed by atoms with Crippen LogP contribution in [0.1, 0.15) is 51.7 Å². The number of aliphatic hydroxyl groups excluding tert-OH is 1. The van der Waals surface area contributed by atoms with Crippen LogP contribution >= 0.6 is 23.2 Å². The molecule has 38 heavy (non-hydrogen) atoms. The van der Waals surface area contributed by atoms with Crippen molar-refractivity contribution in [2.75, 3.05) is 20.7 Å². The molecule has 4 atom stereocenters. The average molecular weight is 568 g/mol. The summed E-state index contributed by atoms with van der Waals surface area (Å²) in [4.78, 5) is 34.3. The minimum Gasteiger partial charge on any atom is -0.395 e. The largest absolute Gasteiger partial charge is 0.395 e. The van der Waals surface area contributed by atoms with Crippen LogP contribution in [-0.2, 0) is 27.5 Å². The van der Waals surface area contributed by atoms with Gasteiger partial charge in [-0.25, -0.2) is 0 Å². The maximum absolute atomic E-state index is 11.1. The maximum atomic E-state index is 11.1. The number of benzene rings is 2. The molecule has 0 fully saturated rings. The molecule has 2 aromatic carbocycles. The monoisotopic (exact) mass is 566 g/mol. The van der Waals surface area contributed by atoms with Gasteiger partial charge in [-0.15, -0.1) is 0 Å². The predicted molar refractivity (Wildman–Crippen MR) is 157 cm³/mol. The van der Waals surface area contributed by atoms with E-state index < -0.39 is 10.5 Å². The molecule has 0 radical (unpaired) electrons. The molecule has 212 valence electrons. The standard InChI is InChI=1S/C14H23NO.C14H21NO.C2Cl2O2/c2*1-4-12(2)14(11-16)15(3)10-13-8-6-5-7-9-13;3-1(5)2(4)6/h5-9,12,14,16H,4,10-11H2,1-3H3;5-9,11-12,14H,4,10H2,1-3H3;/t2*12-,14+;/m00./s1. The average Bonchev–Trinajstić information content (AvgIpc) is 2.91. The normalized spacial score (nSPS) is 13.8. The number of halogens is 2. The third-order valence-corrected chi connectivity index (χ3v) is 7.07. The first-order valence-corrected chi connectivity index (χ1v) is 13.7. The van der Waals surface area contributed by atoms with Crippen LogP contribution in [0.3, 0.4) is 0 Å². The van der Waals surface area contributed by atoms with E-state index in [0.717, 1.165) is 32.2 Å². The fourth-order valence-electron chi connectivity index (χ4n) is 3.91. The first-order valence-electron chi connectivity index (χ1n) is 13.0. The number of rotatable bonds is 13. The van der Waals surface area contributed by atoms with Crippen molar-refractivity contribution in [3.05, 3.63) is 71.8 Å². The van der Waals surface area contributed by atoms with E-state index in [2.05, 4.69) is 104 Å². The Bertz CT molecular complexity index is 903. The molecule has 0 aliphatic carbocycles. The zero-order chi connectivity index (χ0) is 29.1. The van der Waals surface area contributed by atoms with Crippen LogP contribution in [-0.4, -0.2) is 64.5 Å². The van der Waals surface area contributed by atoms with Crippen molar-refractivity contribution in [3.63, 3.8) is 0 Å². The Kier molecular flexibility index (Phi) is 19.7. The highest BCUT2D eigenvalue weighted by Gasteiger charge is 2.20. The first-order chi connectivity index (χ1) is 18.0. The summed E-state index contributed by atoms with van der Waals surface area (Å²) in [5, 5.41) is 7.15.